The number of sulfonamides is 1. The van der Waals surface area contributed by atoms with Crippen LogP contribution < -0.4 is 4.74 Å². The summed E-state index contributed by atoms with van der Waals surface area (Å²) in [5.74, 6) is -0.760. The number of amides is 1. The van der Waals surface area contributed by atoms with E-state index in [1.54, 1.807) is 0 Å². The van der Waals surface area contributed by atoms with E-state index in [1.165, 1.54) is 23.1 Å². The number of alkyl halides is 3. The van der Waals surface area contributed by atoms with E-state index in [0.717, 1.165) is 22.5 Å². The highest BCUT2D eigenvalue weighted by Gasteiger charge is 2.36. The van der Waals surface area contributed by atoms with E-state index in [9.17, 15) is 30.8 Å². The maximum atomic E-state index is 13.1. The zero-order valence-corrected chi connectivity index (χ0v) is 17.5. The van der Waals surface area contributed by atoms with Crippen molar-refractivity contribution < 1.29 is 35.5 Å². The number of hydrogen-bond acceptors (Lipinski definition) is 4. The van der Waals surface area contributed by atoms with E-state index in [0.29, 0.717) is 6.07 Å². The quantitative estimate of drug-likeness (QED) is 0.615. The second-order valence-electron chi connectivity index (χ2n) is 6.67. The SMILES string of the molecule is O=C(COc1cccc(F)c1)N1CCN(S(=O)(=O)c2ccc(Cl)c(C(F)(F)F)c2)CC1. The Balaban J connectivity index is 1.62. The van der Waals surface area contributed by atoms with Crippen LogP contribution in [0, 0.1) is 5.82 Å². The maximum Gasteiger partial charge on any atom is 0.417 e. The molecule has 0 atom stereocenters. The van der Waals surface area contributed by atoms with Crippen LogP contribution in [0.15, 0.2) is 47.4 Å². The van der Waals surface area contributed by atoms with Crippen LogP contribution in [0.2, 0.25) is 5.02 Å². The molecule has 0 bridgehead atoms. The minimum atomic E-state index is -4.80. The van der Waals surface area contributed by atoms with Crippen LogP contribution >= 0.6 is 11.6 Å². The fourth-order valence-electron chi connectivity index (χ4n) is 3.00. The first kappa shape index (κ1) is 23.3. The van der Waals surface area contributed by atoms with Gasteiger partial charge in [-0.25, -0.2) is 12.8 Å². The van der Waals surface area contributed by atoms with Crippen LogP contribution in [0.1, 0.15) is 5.56 Å². The van der Waals surface area contributed by atoms with Crippen molar-refractivity contribution in [3.8, 4) is 5.75 Å². The molecule has 1 heterocycles. The molecule has 0 saturated carbocycles. The predicted octanol–water partition coefficient (Wildman–Crippen LogP) is 3.41. The molecule has 0 aliphatic carbocycles. The lowest BCUT2D eigenvalue weighted by Gasteiger charge is -2.34. The van der Waals surface area contributed by atoms with Gasteiger partial charge in [-0.05, 0) is 30.3 Å². The normalized spacial score (nSPS) is 15.7. The standard InChI is InChI=1S/C19H17ClF4N2O4S/c20-17-5-4-15(11-16(17)19(22,23)24)31(28,29)26-8-6-25(7-9-26)18(27)12-30-14-3-1-2-13(21)10-14/h1-5,10-11H,6-9,12H2. The molecule has 31 heavy (non-hydrogen) atoms. The summed E-state index contributed by atoms with van der Waals surface area (Å²) in [7, 11) is -4.21. The van der Waals surface area contributed by atoms with Gasteiger partial charge in [0.2, 0.25) is 10.0 Å². The van der Waals surface area contributed by atoms with E-state index in [2.05, 4.69) is 0 Å². The smallest absolute Gasteiger partial charge is 0.417 e. The number of rotatable bonds is 5. The summed E-state index contributed by atoms with van der Waals surface area (Å²) in [6.45, 7) is -0.493. The van der Waals surface area contributed by atoms with Crippen LogP contribution in [0.5, 0.6) is 5.75 Å². The summed E-state index contributed by atoms with van der Waals surface area (Å²) in [5.41, 5.74) is -1.24. The van der Waals surface area contributed by atoms with Gasteiger partial charge in [-0.1, -0.05) is 17.7 Å². The van der Waals surface area contributed by atoms with E-state index in [1.807, 2.05) is 0 Å². The lowest BCUT2D eigenvalue weighted by atomic mass is 10.2. The highest BCUT2D eigenvalue weighted by Crippen LogP contribution is 2.36. The van der Waals surface area contributed by atoms with Gasteiger partial charge >= 0.3 is 6.18 Å². The first-order valence-corrected chi connectivity index (χ1v) is 10.8. The lowest BCUT2D eigenvalue weighted by molar-refractivity contribution is -0.137. The van der Waals surface area contributed by atoms with Gasteiger partial charge in [-0.3, -0.25) is 4.79 Å². The number of ether oxygens (including phenoxy) is 1. The van der Waals surface area contributed by atoms with Crippen molar-refractivity contribution in [3.63, 3.8) is 0 Å². The van der Waals surface area contributed by atoms with Crippen molar-refractivity contribution in [2.24, 2.45) is 0 Å². The molecule has 0 N–H and O–H groups in total. The number of hydrogen-bond donors (Lipinski definition) is 0. The molecule has 6 nitrogen and oxygen atoms in total. The molecule has 1 fully saturated rings. The zero-order chi connectivity index (χ0) is 22.8. The van der Waals surface area contributed by atoms with Crippen LogP contribution in [0.4, 0.5) is 17.6 Å². The van der Waals surface area contributed by atoms with E-state index in [-0.39, 0.29) is 38.5 Å². The Bertz CT molecular complexity index is 1070. The summed E-state index contributed by atoms with van der Waals surface area (Å²) in [6, 6.07) is 7.67. The first-order valence-electron chi connectivity index (χ1n) is 9.01. The van der Waals surface area contributed by atoms with Crippen molar-refractivity contribution in [2.75, 3.05) is 32.8 Å². The molecule has 1 aliphatic rings. The molecule has 3 rings (SSSR count). The van der Waals surface area contributed by atoms with Gasteiger partial charge in [-0.15, -0.1) is 0 Å². The number of benzene rings is 2. The topological polar surface area (TPSA) is 66.9 Å². The highest BCUT2D eigenvalue weighted by atomic mass is 35.5. The Hall–Kier alpha value is -2.37. The largest absolute Gasteiger partial charge is 0.484 e. The monoisotopic (exact) mass is 480 g/mol. The van der Waals surface area contributed by atoms with E-state index in [4.69, 9.17) is 16.3 Å². The van der Waals surface area contributed by atoms with Crippen molar-refractivity contribution in [3.05, 3.63) is 58.9 Å². The second-order valence-corrected chi connectivity index (χ2v) is 9.02. The molecule has 1 amide bonds. The van der Waals surface area contributed by atoms with Gasteiger partial charge in [0, 0.05) is 32.2 Å². The third-order valence-corrected chi connectivity index (χ3v) is 6.85. The van der Waals surface area contributed by atoms with Crippen molar-refractivity contribution >= 4 is 27.5 Å². The molecule has 2 aromatic carbocycles. The second kappa shape index (κ2) is 9.01. The Kier molecular flexibility index (Phi) is 6.77. The Morgan fingerprint density at radius 2 is 1.74 bits per heavy atom. The first-order chi connectivity index (χ1) is 14.5. The molecular formula is C19H17ClF4N2O4S. The van der Waals surface area contributed by atoms with Crippen LogP contribution in [0.25, 0.3) is 0 Å². The van der Waals surface area contributed by atoms with Crippen LogP contribution in [-0.2, 0) is 21.0 Å². The van der Waals surface area contributed by atoms with Gasteiger partial charge in [0.1, 0.15) is 11.6 Å². The summed E-state index contributed by atoms with van der Waals surface area (Å²) < 4.78 is 84.0. The minimum absolute atomic E-state index is 0.0320. The average Bonchev–Trinajstić information content (AvgIpc) is 2.71. The molecule has 1 saturated heterocycles. The Labute approximate surface area is 181 Å². The molecule has 0 radical (unpaired) electrons. The third kappa shape index (κ3) is 5.46. The highest BCUT2D eigenvalue weighted by molar-refractivity contribution is 7.89. The molecule has 1 aliphatic heterocycles. The fraction of sp³-hybridized carbons (Fsp3) is 0.316. The predicted molar refractivity (Wildman–Crippen MR) is 104 cm³/mol. The van der Waals surface area contributed by atoms with Crippen molar-refractivity contribution in [1.29, 1.82) is 0 Å². The van der Waals surface area contributed by atoms with Gasteiger partial charge in [0.05, 0.1) is 15.5 Å². The number of halogens is 5. The van der Waals surface area contributed by atoms with E-state index >= 15 is 0 Å². The average molecular weight is 481 g/mol. The van der Waals surface area contributed by atoms with Gasteiger partial charge in [0.25, 0.3) is 5.91 Å². The fourth-order valence-corrected chi connectivity index (χ4v) is 4.68. The lowest BCUT2D eigenvalue weighted by Crippen LogP contribution is -2.51. The number of carbonyl (C=O) groups excluding carboxylic acids is 1. The van der Waals surface area contributed by atoms with E-state index < -0.39 is 43.4 Å². The summed E-state index contributed by atoms with van der Waals surface area (Å²) in [4.78, 5) is 13.1. The van der Waals surface area contributed by atoms with Gasteiger partial charge in [-0.2, -0.15) is 17.5 Å². The molecule has 168 valence electrons. The van der Waals surface area contributed by atoms with Crippen molar-refractivity contribution in [1.82, 2.24) is 9.21 Å². The molecule has 0 aromatic heterocycles. The van der Waals surface area contributed by atoms with Gasteiger partial charge in [0.15, 0.2) is 6.61 Å². The molecule has 2 aromatic rings. The minimum Gasteiger partial charge on any atom is -0.484 e. The summed E-state index contributed by atoms with van der Waals surface area (Å²) in [5, 5.41) is -0.597. The summed E-state index contributed by atoms with van der Waals surface area (Å²) >= 11 is 5.55. The van der Waals surface area contributed by atoms with Crippen molar-refractivity contribution in [2.45, 2.75) is 11.1 Å². The van der Waals surface area contributed by atoms with Crippen LogP contribution in [-0.4, -0.2) is 56.3 Å². The number of carbonyl (C=O) groups is 1. The third-order valence-electron chi connectivity index (χ3n) is 4.63. The molecule has 0 spiro atoms. The maximum absolute atomic E-state index is 13.1. The Morgan fingerprint density at radius 3 is 2.35 bits per heavy atom. The molecular weight excluding hydrogens is 464 g/mol. The summed E-state index contributed by atoms with van der Waals surface area (Å²) in [6.07, 6.45) is -4.80. The molecule has 0 unspecified atom stereocenters. The van der Waals surface area contributed by atoms with Gasteiger partial charge < -0.3 is 9.64 Å². The zero-order valence-electron chi connectivity index (χ0n) is 15.9. The molecule has 12 heteroatoms. The number of piperazine rings is 1. The Morgan fingerprint density at radius 1 is 1.06 bits per heavy atom. The number of nitrogens with zero attached hydrogens (tertiary/aromatic N) is 2. The van der Waals surface area contributed by atoms with Crippen LogP contribution in [0.3, 0.4) is 0 Å².